The molecule has 1 aromatic rings. The van der Waals surface area contributed by atoms with E-state index in [1.807, 2.05) is 0 Å². The van der Waals surface area contributed by atoms with Crippen LogP contribution in [0.3, 0.4) is 0 Å². The first kappa shape index (κ1) is 12.1. The summed E-state index contributed by atoms with van der Waals surface area (Å²) in [5, 5.41) is 7.24. The molecule has 1 unspecified atom stereocenters. The van der Waals surface area contributed by atoms with Crippen molar-refractivity contribution in [2.45, 2.75) is 52.9 Å². The van der Waals surface area contributed by atoms with Crippen molar-refractivity contribution in [2.75, 3.05) is 5.73 Å². The molecule has 0 saturated carbocycles. The Balaban J connectivity index is 2.99. The zero-order valence-electron chi connectivity index (χ0n) is 10.3. The van der Waals surface area contributed by atoms with Crippen LogP contribution < -0.4 is 5.73 Å². The molecule has 0 aliphatic rings. The molecule has 0 bridgehead atoms. The van der Waals surface area contributed by atoms with Crippen molar-refractivity contribution in [1.82, 2.24) is 10.2 Å². The highest BCUT2D eigenvalue weighted by Gasteiger charge is 2.21. The second-order valence-electron chi connectivity index (χ2n) is 4.49. The van der Waals surface area contributed by atoms with E-state index in [2.05, 4.69) is 37.9 Å². The monoisotopic (exact) mass is 209 g/mol. The normalized spacial score (nSPS) is 13.4. The third-order valence-electron chi connectivity index (χ3n) is 3.06. The molecule has 0 radical (unpaired) electrons. The Hall–Kier alpha value is -0.990. The van der Waals surface area contributed by atoms with E-state index in [4.69, 9.17) is 5.73 Å². The van der Waals surface area contributed by atoms with Gasteiger partial charge in [-0.25, -0.2) is 0 Å². The third-order valence-corrected chi connectivity index (χ3v) is 3.06. The molecule has 0 spiro atoms. The summed E-state index contributed by atoms with van der Waals surface area (Å²) in [6, 6.07) is 0. The van der Waals surface area contributed by atoms with E-state index in [0.717, 1.165) is 6.42 Å². The van der Waals surface area contributed by atoms with Gasteiger partial charge in [-0.2, -0.15) is 5.10 Å². The zero-order valence-corrected chi connectivity index (χ0v) is 10.3. The molecule has 1 atom stereocenters. The molecule has 1 heterocycles. The average Bonchev–Trinajstić information content (AvgIpc) is 2.55. The Bertz CT molecular complexity index is 302. The number of nitrogens with zero attached hydrogens (tertiary/aromatic N) is 1. The van der Waals surface area contributed by atoms with Crippen LogP contribution in [0.5, 0.6) is 0 Å². The molecule has 3 N–H and O–H groups in total. The molecule has 0 aliphatic heterocycles. The molecular formula is C12H23N3. The second-order valence-corrected chi connectivity index (χ2v) is 4.49. The van der Waals surface area contributed by atoms with Crippen LogP contribution in [0.15, 0.2) is 0 Å². The predicted molar refractivity (Wildman–Crippen MR) is 64.9 cm³/mol. The fourth-order valence-corrected chi connectivity index (χ4v) is 2.19. The zero-order chi connectivity index (χ0) is 11.4. The largest absolute Gasteiger partial charge is 0.382 e. The number of anilines is 1. The standard InChI is InChI=1S/C12H23N3/c1-5-7-10(8(3)4)11-9(6-2)12(13)15-14-11/h8,10H,5-7H2,1-4H3,(H3,13,14,15). The fourth-order valence-electron chi connectivity index (χ4n) is 2.19. The topological polar surface area (TPSA) is 54.7 Å². The van der Waals surface area contributed by atoms with Crippen LogP contribution in [0.2, 0.25) is 0 Å². The van der Waals surface area contributed by atoms with Gasteiger partial charge in [0.2, 0.25) is 0 Å². The Kier molecular flexibility index (Phi) is 4.18. The van der Waals surface area contributed by atoms with Crippen LogP contribution in [0.4, 0.5) is 5.82 Å². The smallest absolute Gasteiger partial charge is 0.148 e. The van der Waals surface area contributed by atoms with Gasteiger partial charge in [0.05, 0.1) is 0 Å². The summed E-state index contributed by atoms with van der Waals surface area (Å²) >= 11 is 0. The van der Waals surface area contributed by atoms with Crippen molar-refractivity contribution in [3.05, 3.63) is 11.3 Å². The fraction of sp³-hybridized carbons (Fsp3) is 0.750. The van der Waals surface area contributed by atoms with Gasteiger partial charge in [0.1, 0.15) is 5.82 Å². The van der Waals surface area contributed by atoms with Gasteiger partial charge in [0.15, 0.2) is 0 Å². The summed E-state index contributed by atoms with van der Waals surface area (Å²) in [6.45, 7) is 8.88. The summed E-state index contributed by atoms with van der Waals surface area (Å²) in [5.74, 6) is 1.87. The van der Waals surface area contributed by atoms with Gasteiger partial charge in [-0.1, -0.05) is 34.1 Å². The van der Waals surface area contributed by atoms with Crippen molar-refractivity contribution in [1.29, 1.82) is 0 Å². The van der Waals surface area contributed by atoms with Crippen LogP contribution in [-0.2, 0) is 6.42 Å². The minimum atomic E-state index is 0.565. The lowest BCUT2D eigenvalue weighted by molar-refractivity contribution is 0.451. The third kappa shape index (κ3) is 2.52. The number of aromatic amines is 1. The molecule has 86 valence electrons. The van der Waals surface area contributed by atoms with Crippen LogP contribution in [0.25, 0.3) is 0 Å². The quantitative estimate of drug-likeness (QED) is 0.783. The minimum Gasteiger partial charge on any atom is -0.382 e. The Morgan fingerprint density at radius 2 is 2.00 bits per heavy atom. The summed E-state index contributed by atoms with van der Waals surface area (Å²) in [6.07, 6.45) is 3.36. The highest BCUT2D eigenvalue weighted by Crippen LogP contribution is 2.32. The molecule has 1 rings (SSSR count). The van der Waals surface area contributed by atoms with Crippen LogP contribution in [0.1, 0.15) is 57.7 Å². The van der Waals surface area contributed by atoms with E-state index >= 15 is 0 Å². The van der Waals surface area contributed by atoms with Crippen LogP contribution in [0, 0.1) is 5.92 Å². The maximum atomic E-state index is 5.84. The number of H-pyrrole nitrogens is 1. The van der Waals surface area contributed by atoms with Crippen molar-refractivity contribution >= 4 is 5.82 Å². The number of nitrogens with two attached hydrogens (primary N) is 1. The molecule has 0 saturated heterocycles. The van der Waals surface area contributed by atoms with E-state index in [-0.39, 0.29) is 0 Å². The molecule has 15 heavy (non-hydrogen) atoms. The summed E-state index contributed by atoms with van der Waals surface area (Å²) in [7, 11) is 0. The molecule has 0 aliphatic carbocycles. The van der Waals surface area contributed by atoms with Crippen molar-refractivity contribution < 1.29 is 0 Å². The number of nitrogen functional groups attached to an aromatic ring is 1. The van der Waals surface area contributed by atoms with Gasteiger partial charge in [-0.15, -0.1) is 0 Å². The maximum absolute atomic E-state index is 5.84. The average molecular weight is 209 g/mol. The molecule has 3 nitrogen and oxygen atoms in total. The molecule has 0 aromatic carbocycles. The predicted octanol–water partition coefficient (Wildman–Crippen LogP) is 3.09. The van der Waals surface area contributed by atoms with Crippen LogP contribution >= 0.6 is 0 Å². The van der Waals surface area contributed by atoms with E-state index in [0.29, 0.717) is 17.7 Å². The number of nitrogens with one attached hydrogen (secondary N) is 1. The lowest BCUT2D eigenvalue weighted by Crippen LogP contribution is -2.09. The maximum Gasteiger partial charge on any atom is 0.148 e. The minimum absolute atomic E-state index is 0.565. The molecular weight excluding hydrogens is 186 g/mol. The van der Waals surface area contributed by atoms with Crippen molar-refractivity contribution in [3.8, 4) is 0 Å². The lowest BCUT2D eigenvalue weighted by Gasteiger charge is -2.20. The summed E-state index contributed by atoms with van der Waals surface area (Å²) in [5.41, 5.74) is 8.31. The Morgan fingerprint density at radius 3 is 2.47 bits per heavy atom. The summed E-state index contributed by atoms with van der Waals surface area (Å²) in [4.78, 5) is 0. The number of hydrogen-bond acceptors (Lipinski definition) is 2. The molecule has 0 fully saturated rings. The van der Waals surface area contributed by atoms with Gasteiger partial charge in [0, 0.05) is 17.2 Å². The second kappa shape index (κ2) is 5.19. The first-order chi connectivity index (χ1) is 7.11. The van der Waals surface area contributed by atoms with E-state index in [1.165, 1.54) is 24.1 Å². The van der Waals surface area contributed by atoms with Gasteiger partial charge in [-0.05, 0) is 18.8 Å². The van der Waals surface area contributed by atoms with Gasteiger partial charge >= 0.3 is 0 Å². The van der Waals surface area contributed by atoms with Gasteiger partial charge in [-0.3, -0.25) is 5.10 Å². The van der Waals surface area contributed by atoms with Crippen molar-refractivity contribution in [3.63, 3.8) is 0 Å². The van der Waals surface area contributed by atoms with Crippen molar-refractivity contribution in [2.24, 2.45) is 5.92 Å². The summed E-state index contributed by atoms with van der Waals surface area (Å²) < 4.78 is 0. The first-order valence-electron chi connectivity index (χ1n) is 5.94. The van der Waals surface area contributed by atoms with Gasteiger partial charge in [0.25, 0.3) is 0 Å². The SMILES string of the molecule is CCCC(c1[nH]nc(N)c1CC)C(C)C. The van der Waals surface area contributed by atoms with Gasteiger partial charge < -0.3 is 5.73 Å². The van der Waals surface area contributed by atoms with E-state index in [1.54, 1.807) is 0 Å². The van der Waals surface area contributed by atoms with E-state index in [9.17, 15) is 0 Å². The first-order valence-corrected chi connectivity index (χ1v) is 5.94. The Morgan fingerprint density at radius 1 is 1.33 bits per heavy atom. The number of hydrogen-bond donors (Lipinski definition) is 2. The molecule has 3 heteroatoms. The number of rotatable bonds is 5. The molecule has 1 aromatic heterocycles. The molecule has 0 amide bonds. The highest BCUT2D eigenvalue weighted by molar-refractivity contribution is 5.43. The highest BCUT2D eigenvalue weighted by atomic mass is 15.2. The lowest BCUT2D eigenvalue weighted by atomic mass is 9.86. The van der Waals surface area contributed by atoms with Crippen LogP contribution in [-0.4, -0.2) is 10.2 Å². The Labute approximate surface area is 92.5 Å². The number of aromatic nitrogens is 2. The van der Waals surface area contributed by atoms with E-state index < -0.39 is 0 Å².